The lowest BCUT2D eigenvalue weighted by Crippen LogP contribution is -2.30. The van der Waals surface area contributed by atoms with Crippen LogP contribution in [0.2, 0.25) is 0 Å². The molecule has 8 nitrogen and oxygen atoms in total. The molecule has 0 aliphatic heterocycles. The smallest absolute Gasteiger partial charge is 0.343 e. The number of esters is 1. The van der Waals surface area contributed by atoms with Gasteiger partial charge < -0.3 is 4.74 Å². The van der Waals surface area contributed by atoms with Crippen molar-refractivity contribution in [3.8, 4) is 5.75 Å². The summed E-state index contributed by atoms with van der Waals surface area (Å²) >= 11 is 0. The van der Waals surface area contributed by atoms with E-state index in [9.17, 15) is 23.3 Å². The maximum absolute atomic E-state index is 12.4. The van der Waals surface area contributed by atoms with E-state index in [1.165, 1.54) is 52.8 Å². The van der Waals surface area contributed by atoms with Gasteiger partial charge in [-0.25, -0.2) is 13.2 Å². The van der Waals surface area contributed by atoms with Gasteiger partial charge in [-0.3, -0.25) is 10.1 Å². The Kier molecular flexibility index (Phi) is 6.06. The molecule has 0 radical (unpaired) electrons. The third kappa shape index (κ3) is 4.24. The minimum absolute atomic E-state index is 0.108. The number of hydrogen-bond acceptors (Lipinski definition) is 6. The van der Waals surface area contributed by atoms with Crippen LogP contribution in [0.1, 0.15) is 24.2 Å². The van der Waals surface area contributed by atoms with Crippen LogP contribution >= 0.6 is 0 Å². The zero-order valence-corrected chi connectivity index (χ0v) is 15.1. The summed E-state index contributed by atoms with van der Waals surface area (Å²) in [6.07, 6.45) is 0. The van der Waals surface area contributed by atoms with Crippen LogP contribution in [0.5, 0.6) is 5.75 Å². The van der Waals surface area contributed by atoms with E-state index in [2.05, 4.69) is 0 Å². The molecule has 9 heteroatoms. The van der Waals surface area contributed by atoms with Gasteiger partial charge >= 0.3 is 5.97 Å². The van der Waals surface area contributed by atoms with Crippen LogP contribution in [0, 0.1) is 10.1 Å². The summed E-state index contributed by atoms with van der Waals surface area (Å²) in [7, 11) is -3.58. The fourth-order valence-corrected chi connectivity index (χ4v) is 3.74. The summed E-state index contributed by atoms with van der Waals surface area (Å²) in [5.41, 5.74) is 0.0166. The summed E-state index contributed by atoms with van der Waals surface area (Å²) < 4.78 is 31.3. The van der Waals surface area contributed by atoms with E-state index in [4.69, 9.17) is 4.74 Å². The van der Waals surface area contributed by atoms with Gasteiger partial charge in [0.25, 0.3) is 5.69 Å². The number of benzene rings is 2. The molecule has 0 fully saturated rings. The fourth-order valence-electron chi connectivity index (χ4n) is 2.28. The molecule has 2 aromatic carbocycles. The SMILES string of the molecule is CCN(CC)S(=O)(=O)c1ccc(OC(=O)c2ccc([N+](=O)[O-])cc2)cc1. The van der Waals surface area contributed by atoms with Crippen LogP contribution in [0.3, 0.4) is 0 Å². The van der Waals surface area contributed by atoms with Crippen LogP contribution in [0.15, 0.2) is 53.4 Å². The van der Waals surface area contributed by atoms with Crippen molar-refractivity contribution >= 4 is 21.7 Å². The highest BCUT2D eigenvalue weighted by Gasteiger charge is 2.21. The van der Waals surface area contributed by atoms with Crippen molar-refractivity contribution in [2.24, 2.45) is 0 Å². The molecule has 0 aliphatic carbocycles. The van der Waals surface area contributed by atoms with E-state index in [1.807, 2.05) is 0 Å². The number of sulfonamides is 1. The predicted molar refractivity (Wildman–Crippen MR) is 94.6 cm³/mol. The summed E-state index contributed by atoms with van der Waals surface area (Å²) in [5, 5.41) is 10.6. The molecular weight excluding hydrogens is 360 g/mol. The van der Waals surface area contributed by atoms with Crippen LogP contribution < -0.4 is 4.74 Å². The topological polar surface area (TPSA) is 107 Å². The molecular formula is C17H18N2O6S. The number of nitrogens with zero attached hydrogens (tertiary/aromatic N) is 2. The minimum atomic E-state index is -3.58. The second-order valence-corrected chi connectivity index (χ2v) is 7.19. The molecule has 0 atom stereocenters. The Bertz CT molecular complexity index is 888. The molecule has 0 amide bonds. The average Bonchev–Trinajstić information content (AvgIpc) is 2.63. The Labute approximate surface area is 151 Å². The standard InChI is InChI=1S/C17H18N2O6S/c1-3-18(4-2)26(23,24)16-11-9-15(10-12-16)25-17(20)13-5-7-14(8-6-13)19(21)22/h5-12H,3-4H2,1-2H3. The zero-order valence-electron chi connectivity index (χ0n) is 14.3. The van der Waals surface area contributed by atoms with E-state index in [0.29, 0.717) is 13.1 Å². The van der Waals surface area contributed by atoms with Crippen molar-refractivity contribution in [2.75, 3.05) is 13.1 Å². The normalized spacial score (nSPS) is 11.3. The largest absolute Gasteiger partial charge is 0.423 e. The second-order valence-electron chi connectivity index (χ2n) is 5.25. The molecule has 26 heavy (non-hydrogen) atoms. The van der Waals surface area contributed by atoms with Gasteiger partial charge in [-0.05, 0) is 36.4 Å². The third-order valence-electron chi connectivity index (χ3n) is 3.69. The monoisotopic (exact) mass is 378 g/mol. The van der Waals surface area contributed by atoms with Crippen molar-refractivity contribution in [1.29, 1.82) is 0 Å². The first-order chi connectivity index (χ1) is 12.3. The number of rotatable bonds is 7. The van der Waals surface area contributed by atoms with Crippen LogP contribution in [0.25, 0.3) is 0 Å². The van der Waals surface area contributed by atoms with Crippen molar-refractivity contribution < 1.29 is 22.9 Å². The molecule has 0 saturated carbocycles. The fraction of sp³-hybridized carbons (Fsp3) is 0.235. The van der Waals surface area contributed by atoms with Crippen molar-refractivity contribution in [2.45, 2.75) is 18.7 Å². The Hall–Kier alpha value is -2.78. The van der Waals surface area contributed by atoms with Gasteiger partial charge in [0.15, 0.2) is 0 Å². The van der Waals surface area contributed by atoms with Gasteiger partial charge in [0, 0.05) is 25.2 Å². The summed E-state index contributed by atoms with van der Waals surface area (Å²) in [4.78, 5) is 22.2. The highest BCUT2D eigenvalue weighted by atomic mass is 32.2. The van der Waals surface area contributed by atoms with Crippen LogP contribution in [-0.4, -0.2) is 36.7 Å². The van der Waals surface area contributed by atoms with E-state index in [-0.39, 0.29) is 21.9 Å². The molecule has 0 bridgehead atoms. The number of hydrogen-bond donors (Lipinski definition) is 0. The zero-order chi connectivity index (χ0) is 19.3. The van der Waals surface area contributed by atoms with Crippen molar-refractivity contribution in [3.63, 3.8) is 0 Å². The van der Waals surface area contributed by atoms with Crippen molar-refractivity contribution in [1.82, 2.24) is 4.31 Å². The van der Waals surface area contributed by atoms with Crippen LogP contribution in [0.4, 0.5) is 5.69 Å². The Morgan fingerprint density at radius 3 is 2.04 bits per heavy atom. The molecule has 0 aliphatic rings. The molecule has 0 aromatic heterocycles. The number of nitro benzene ring substituents is 1. The lowest BCUT2D eigenvalue weighted by atomic mass is 10.2. The maximum Gasteiger partial charge on any atom is 0.343 e. The summed E-state index contributed by atoms with van der Waals surface area (Å²) in [5.74, 6) is -0.522. The van der Waals surface area contributed by atoms with Gasteiger partial charge in [0.05, 0.1) is 15.4 Å². The predicted octanol–water partition coefficient (Wildman–Crippen LogP) is 2.84. The summed E-state index contributed by atoms with van der Waals surface area (Å²) in [6.45, 7) is 4.22. The molecule has 0 unspecified atom stereocenters. The van der Waals surface area contributed by atoms with Crippen LogP contribution in [-0.2, 0) is 10.0 Å². The van der Waals surface area contributed by atoms with Gasteiger partial charge in [0.2, 0.25) is 10.0 Å². The Balaban J connectivity index is 2.14. The minimum Gasteiger partial charge on any atom is -0.423 e. The van der Waals surface area contributed by atoms with Gasteiger partial charge in [-0.2, -0.15) is 4.31 Å². The first-order valence-electron chi connectivity index (χ1n) is 7.86. The lowest BCUT2D eigenvalue weighted by Gasteiger charge is -2.18. The Morgan fingerprint density at radius 2 is 1.58 bits per heavy atom. The number of nitro groups is 1. The quantitative estimate of drug-likeness (QED) is 0.317. The molecule has 138 valence electrons. The number of carbonyl (C=O) groups is 1. The summed E-state index contributed by atoms with van der Waals surface area (Å²) in [6, 6.07) is 10.5. The lowest BCUT2D eigenvalue weighted by molar-refractivity contribution is -0.384. The van der Waals surface area contributed by atoms with Gasteiger partial charge in [-0.1, -0.05) is 13.8 Å². The third-order valence-corrected chi connectivity index (χ3v) is 5.76. The van der Waals surface area contributed by atoms with Crippen molar-refractivity contribution in [3.05, 3.63) is 64.2 Å². The van der Waals surface area contributed by atoms with E-state index in [0.717, 1.165) is 0 Å². The molecule has 0 spiro atoms. The van der Waals surface area contributed by atoms with Gasteiger partial charge in [0.1, 0.15) is 5.75 Å². The Morgan fingerprint density at radius 1 is 1.04 bits per heavy atom. The highest BCUT2D eigenvalue weighted by molar-refractivity contribution is 7.89. The molecule has 2 rings (SSSR count). The maximum atomic E-state index is 12.4. The number of non-ortho nitro benzene ring substituents is 1. The molecule has 0 saturated heterocycles. The van der Waals surface area contributed by atoms with E-state index >= 15 is 0 Å². The van der Waals surface area contributed by atoms with E-state index < -0.39 is 20.9 Å². The average molecular weight is 378 g/mol. The first-order valence-corrected chi connectivity index (χ1v) is 9.30. The number of carbonyl (C=O) groups excluding carboxylic acids is 1. The second kappa shape index (κ2) is 8.07. The number of ether oxygens (including phenoxy) is 1. The highest BCUT2D eigenvalue weighted by Crippen LogP contribution is 2.21. The molecule has 2 aromatic rings. The first kappa shape index (κ1) is 19.5. The van der Waals surface area contributed by atoms with E-state index in [1.54, 1.807) is 13.8 Å². The van der Waals surface area contributed by atoms with Gasteiger partial charge in [-0.15, -0.1) is 0 Å². The molecule has 0 heterocycles. The molecule has 0 N–H and O–H groups in total.